The summed E-state index contributed by atoms with van der Waals surface area (Å²) in [5.41, 5.74) is 2.52. The van der Waals surface area contributed by atoms with Crippen LogP contribution in [-0.2, 0) is 11.2 Å². The van der Waals surface area contributed by atoms with Gasteiger partial charge in [-0.05, 0) is 73.0 Å². The number of nitrogens with one attached hydrogen (secondary N) is 1. The fourth-order valence-corrected chi connectivity index (χ4v) is 3.42. The molecule has 0 unspecified atom stereocenters. The maximum atomic E-state index is 12.7. The molecule has 2 heterocycles. The molecule has 3 aromatic rings. The fourth-order valence-electron chi connectivity index (χ4n) is 3.30. The highest BCUT2D eigenvalue weighted by atomic mass is 35.5. The quantitative estimate of drug-likeness (QED) is 0.670. The van der Waals surface area contributed by atoms with Crippen LogP contribution in [0.15, 0.2) is 65.3 Å². The van der Waals surface area contributed by atoms with E-state index >= 15 is 0 Å². The normalized spacial score (nSPS) is 12.9. The van der Waals surface area contributed by atoms with E-state index in [0.717, 1.165) is 24.1 Å². The number of aryl methyl sites for hydroxylation is 1. The summed E-state index contributed by atoms with van der Waals surface area (Å²) >= 11 is 5.83. The van der Waals surface area contributed by atoms with Crippen molar-refractivity contribution in [2.45, 2.75) is 12.8 Å². The predicted octanol–water partition coefficient (Wildman–Crippen LogP) is 4.54. The van der Waals surface area contributed by atoms with E-state index in [2.05, 4.69) is 5.32 Å². The Morgan fingerprint density at radius 3 is 2.72 bits per heavy atom. The molecule has 0 radical (unpaired) electrons. The molecule has 1 aliphatic rings. The summed E-state index contributed by atoms with van der Waals surface area (Å²) in [6.07, 6.45) is 3.17. The highest BCUT2D eigenvalue weighted by Gasteiger charge is 2.25. The van der Waals surface area contributed by atoms with E-state index in [1.165, 1.54) is 6.26 Å². The first-order valence-electron chi connectivity index (χ1n) is 9.27. The molecule has 148 valence electrons. The third-order valence-corrected chi connectivity index (χ3v) is 4.89. The van der Waals surface area contributed by atoms with Gasteiger partial charge < -0.3 is 19.4 Å². The van der Waals surface area contributed by atoms with Crippen molar-refractivity contribution in [3.8, 4) is 5.75 Å². The van der Waals surface area contributed by atoms with Crippen molar-refractivity contribution >= 4 is 34.8 Å². The Hall–Kier alpha value is -3.25. The lowest BCUT2D eigenvalue weighted by Gasteiger charge is -2.29. The zero-order chi connectivity index (χ0) is 20.2. The van der Waals surface area contributed by atoms with E-state index < -0.39 is 0 Å². The number of halogens is 1. The molecule has 1 aromatic heterocycles. The Kier molecular flexibility index (Phi) is 5.53. The van der Waals surface area contributed by atoms with Crippen molar-refractivity contribution in [3.63, 3.8) is 0 Å². The lowest BCUT2D eigenvalue weighted by molar-refractivity contribution is -0.118. The summed E-state index contributed by atoms with van der Waals surface area (Å²) in [6.45, 7) is 0.523. The van der Waals surface area contributed by atoms with Crippen molar-refractivity contribution < 1.29 is 18.7 Å². The van der Waals surface area contributed by atoms with Gasteiger partial charge in [0.25, 0.3) is 11.8 Å². The summed E-state index contributed by atoms with van der Waals surface area (Å²) < 4.78 is 10.7. The molecule has 0 spiro atoms. The summed E-state index contributed by atoms with van der Waals surface area (Å²) in [5.74, 6) is 0.458. The van der Waals surface area contributed by atoms with Gasteiger partial charge in [-0.1, -0.05) is 11.6 Å². The zero-order valence-corrected chi connectivity index (χ0v) is 16.3. The number of nitrogens with zero attached hydrogens (tertiary/aromatic N) is 1. The molecule has 4 rings (SSSR count). The van der Waals surface area contributed by atoms with E-state index in [0.29, 0.717) is 28.8 Å². The first-order chi connectivity index (χ1) is 14.1. The zero-order valence-electron chi connectivity index (χ0n) is 15.6. The van der Waals surface area contributed by atoms with Crippen molar-refractivity contribution in [1.82, 2.24) is 0 Å². The lowest BCUT2D eigenvalue weighted by atomic mass is 10.0. The monoisotopic (exact) mass is 410 g/mol. The number of fused-ring (bicyclic) bond motifs is 1. The van der Waals surface area contributed by atoms with Crippen molar-refractivity contribution in [3.05, 3.63) is 77.2 Å². The van der Waals surface area contributed by atoms with Crippen LogP contribution in [0.3, 0.4) is 0 Å². The second kappa shape index (κ2) is 8.41. The summed E-state index contributed by atoms with van der Waals surface area (Å²) in [6, 6.07) is 15.7. The number of carbonyl (C=O) groups is 2. The van der Waals surface area contributed by atoms with Crippen LogP contribution < -0.4 is 15.0 Å². The first-order valence-corrected chi connectivity index (χ1v) is 9.64. The topological polar surface area (TPSA) is 71.8 Å². The van der Waals surface area contributed by atoms with E-state index in [1.807, 2.05) is 12.1 Å². The fraction of sp³-hybridized carbons (Fsp3) is 0.182. The third-order valence-electron chi connectivity index (χ3n) is 4.64. The Morgan fingerprint density at radius 2 is 1.97 bits per heavy atom. The van der Waals surface area contributed by atoms with Crippen LogP contribution in [0, 0.1) is 0 Å². The molecule has 0 bridgehead atoms. The molecule has 29 heavy (non-hydrogen) atoms. The number of hydrogen-bond donors (Lipinski definition) is 1. The maximum absolute atomic E-state index is 12.7. The summed E-state index contributed by atoms with van der Waals surface area (Å²) in [7, 11) is 0. The minimum absolute atomic E-state index is 0.109. The summed E-state index contributed by atoms with van der Waals surface area (Å²) in [5, 5.41) is 3.44. The Balaban J connectivity index is 1.41. The lowest BCUT2D eigenvalue weighted by Crippen LogP contribution is -2.35. The minimum Gasteiger partial charge on any atom is -0.484 e. The molecule has 0 aliphatic carbocycles. The molecule has 7 heteroatoms. The highest BCUT2D eigenvalue weighted by molar-refractivity contribution is 6.30. The maximum Gasteiger partial charge on any atom is 0.293 e. The molecule has 1 N–H and O–H groups in total. The number of hydrogen-bond acceptors (Lipinski definition) is 4. The predicted molar refractivity (Wildman–Crippen MR) is 111 cm³/mol. The van der Waals surface area contributed by atoms with Crippen LogP contribution in [0.5, 0.6) is 5.75 Å². The molecular weight excluding hydrogens is 392 g/mol. The molecular formula is C22H19ClN2O4. The number of ether oxygens (including phenoxy) is 1. The van der Waals surface area contributed by atoms with Gasteiger partial charge in [0.15, 0.2) is 12.4 Å². The molecule has 0 atom stereocenters. The number of carbonyl (C=O) groups excluding carboxylic acids is 2. The Labute approximate surface area is 173 Å². The minimum atomic E-state index is -0.265. The van der Waals surface area contributed by atoms with Crippen LogP contribution >= 0.6 is 11.6 Å². The van der Waals surface area contributed by atoms with Gasteiger partial charge in [-0.25, -0.2) is 0 Å². The Bertz CT molecular complexity index is 1020. The van der Waals surface area contributed by atoms with Gasteiger partial charge in [0, 0.05) is 22.9 Å². The average Bonchev–Trinajstić information content (AvgIpc) is 3.27. The van der Waals surface area contributed by atoms with Gasteiger partial charge in [0.1, 0.15) is 5.75 Å². The van der Waals surface area contributed by atoms with E-state index in [9.17, 15) is 9.59 Å². The number of furan rings is 1. The van der Waals surface area contributed by atoms with Gasteiger partial charge in [-0.15, -0.1) is 0 Å². The van der Waals surface area contributed by atoms with Crippen molar-refractivity contribution in [1.29, 1.82) is 0 Å². The standard InChI is InChI=1S/C22H19ClN2O4/c23-16-5-8-18(9-6-16)29-14-21(26)24-17-7-10-19-15(13-17)3-1-11-25(19)22(27)20-4-2-12-28-20/h2,4-10,12-13H,1,3,11,14H2,(H,24,26). The second-order valence-electron chi connectivity index (χ2n) is 6.67. The number of benzene rings is 2. The van der Waals surface area contributed by atoms with Crippen LogP contribution in [0.4, 0.5) is 11.4 Å². The van der Waals surface area contributed by atoms with Gasteiger partial charge in [-0.3, -0.25) is 9.59 Å². The van der Waals surface area contributed by atoms with Gasteiger partial charge in [-0.2, -0.15) is 0 Å². The number of anilines is 2. The van der Waals surface area contributed by atoms with Crippen LogP contribution in [0.1, 0.15) is 22.5 Å². The van der Waals surface area contributed by atoms with Crippen molar-refractivity contribution in [2.75, 3.05) is 23.4 Å². The largest absolute Gasteiger partial charge is 0.484 e. The average molecular weight is 411 g/mol. The molecule has 0 saturated carbocycles. The van der Waals surface area contributed by atoms with E-state index in [1.54, 1.807) is 47.4 Å². The van der Waals surface area contributed by atoms with Gasteiger partial charge in [0.05, 0.1) is 6.26 Å². The molecule has 2 aromatic carbocycles. The molecule has 1 aliphatic heterocycles. The molecule has 0 saturated heterocycles. The SMILES string of the molecule is O=C(COc1ccc(Cl)cc1)Nc1ccc2c(c1)CCCN2C(=O)c1ccco1. The van der Waals surface area contributed by atoms with Gasteiger partial charge >= 0.3 is 0 Å². The van der Waals surface area contributed by atoms with Crippen LogP contribution in [0.2, 0.25) is 5.02 Å². The Morgan fingerprint density at radius 1 is 1.14 bits per heavy atom. The van der Waals surface area contributed by atoms with Crippen LogP contribution in [-0.4, -0.2) is 25.0 Å². The van der Waals surface area contributed by atoms with E-state index in [4.69, 9.17) is 20.8 Å². The van der Waals surface area contributed by atoms with Crippen LogP contribution in [0.25, 0.3) is 0 Å². The first kappa shape index (κ1) is 19.1. The second-order valence-corrected chi connectivity index (χ2v) is 7.11. The highest BCUT2D eigenvalue weighted by Crippen LogP contribution is 2.31. The smallest absolute Gasteiger partial charge is 0.293 e. The third kappa shape index (κ3) is 4.43. The van der Waals surface area contributed by atoms with E-state index in [-0.39, 0.29) is 18.4 Å². The molecule has 2 amide bonds. The van der Waals surface area contributed by atoms with Gasteiger partial charge in [0.2, 0.25) is 0 Å². The molecule has 0 fully saturated rings. The van der Waals surface area contributed by atoms with Crippen molar-refractivity contribution in [2.24, 2.45) is 0 Å². The number of amides is 2. The number of rotatable bonds is 5. The molecule has 6 nitrogen and oxygen atoms in total. The summed E-state index contributed by atoms with van der Waals surface area (Å²) in [4.78, 5) is 26.6.